The van der Waals surface area contributed by atoms with Crippen LogP contribution >= 0.6 is 0 Å². The van der Waals surface area contributed by atoms with E-state index >= 15 is 0 Å². The third kappa shape index (κ3) is 3.70. The first kappa shape index (κ1) is 14.8. The molecular weight excluding hydrogens is 263 g/mol. The van der Waals surface area contributed by atoms with Crippen molar-refractivity contribution in [2.24, 2.45) is 0 Å². The maximum atomic E-state index is 13.7. The molecule has 1 aliphatic rings. The SMILES string of the molecule is CCC(Oc1cc(C(=O)O)ccc1F)OC1CCCC1. The van der Waals surface area contributed by atoms with Gasteiger partial charge in [-0.05, 0) is 31.0 Å². The minimum atomic E-state index is -1.11. The Morgan fingerprint density at radius 3 is 2.75 bits per heavy atom. The van der Waals surface area contributed by atoms with E-state index in [0.29, 0.717) is 6.42 Å². The van der Waals surface area contributed by atoms with E-state index in [-0.39, 0.29) is 17.4 Å². The number of rotatable bonds is 6. The number of carbonyl (C=O) groups is 1. The van der Waals surface area contributed by atoms with E-state index in [9.17, 15) is 9.18 Å². The minimum Gasteiger partial charge on any atom is -0.478 e. The van der Waals surface area contributed by atoms with Gasteiger partial charge in [-0.1, -0.05) is 19.8 Å². The van der Waals surface area contributed by atoms with Gasteiger partial charge in [-0.3, -0.25) is 0 Å². The molecule has 1 N–H and O–H groups in total. The quantitative estimate of drug-likeness (QED) is 0.810. The fourth-order valence-corrected chi connectivity index (χ4v) is 2.31. The molecule has 2 rings (SSSR count). The molecule has 1 aromatic carbocycles. The van der Waals surface area contributed by atoms with Gasteiger partial charge in [-0.25, -0.2) is 9.18 Å². The highest BCUT2D eigenvalue weighted by Gasteiger charge is 2.21. The van der Waals surface area contributed by atoms with Crippen molar-refractivity contribution in [3.63, 3.8) is 0 Å². The summed E-state index contributed by atoms with van der Waals surface area (Å²) < 4.78 is 24.9. The highest BCUT2D eigenvalue weighted by atomic mass is 19.1. The zero-order valence-corrected chi connectivity index (χ0v) is 11.5. The molecule has 1 aliphatic carbocycles. The van der Waals surface area contributed by atoms with Crippen LogP contribution in [0.5, 0.6) is 5.75 Å². The largest absolute Gasteiger partial charge is 0.478 e. The van der Waals surface area contributed by atoms with Crippen molar-refractivity contribution in [2.45, 2.75) is 51.4 Å². The van der Waals surface area contributed by atoms with Crippen LogP contribution in [-0.2, 0) is 4.74 Å². The lowest BCUT2D eigenvalue weighted by Crippen LogP contribution is -2.25. The topological polar surface area (TPSA) is 55.8 Å². The van der Waals surface area contributed by atoms with Crippen LogP contribution in [0, 0.1) is 5.82 Å². The van der Waals surface area contributed by atoms with Gasteiger partial charge in [0.2, 0.25) is 0 Å². The molecule has 20 heavy (non-hydrogen) atoms. The molecule has 4 nitrogen and oxygen atoms in total. The van der Waals surface area contributed by atoms with Crippen molar-refractivity contribution < 1.29 is 23.8 Å². The van der Waals surface area contributed by atoms with E-state index in [2.05, 4.69) is 0 Å². The maximum absolute atomic E-state index is 13.7. The van der Waals surface area contributed by atoms with Gasteiger partial charge in [0.1, 0.15) is 0 Å². The summed E-state index contributed by atoms with van der Waals surface area (Å²) in [5, 5.41) is 8.91. The second-order valence-corrected chi connectivity index (χ2v) is 4.95. The Balaban J connectivity index is 2.05. The molecule has 5 heteroatoms. The lowest BCUT2D eigenvalue weighted by atomic mass is 10.2. The predicted octanol–water partition coefficient (Wildman–Crippen LogP) is 3.60. The minimum absolute atomic E-state index is 0.00267. The number of hydrogen-bond acceptors (Lipinski definition) is 3. The Morgan fingerprint density at radius 2 is 2.15 bits per heavy atom. The highest BCUT2D eigenvalue weighted by molar-refractivity contribution is 5.88. The van der Waals surface area contributed by atoms with Gasteiger partial charge < -0.3 is 14.6 Å². The summed E-state index contributed by atoms with van der Waals surface area (Å²) in [5.74, 6) is -1.77. The van der Waals surface area contributed by atoms with Gasteiger partial charge in [-0.15, -0.1) is 0 Å². The van der Waals surface area contributed by atoms with Crippen molar-refractivity contribution in [1.82, 2.24) is 0 Å². The summed E-state index contributed by atoms with van der Waals surface area (Å²) in [7, 11) is 0. The third-order valence-corrected chi connectivity index (χ3v) is 3.42. The molecule has 0 heterocycles. The van der Waals surface area contributed by atoms with Crippen molar-refractivity contribution in [1.29, 1.82) is 0 Å². The van der Waals surface area contributed by atoms with Gasteiger partial charge in [0.05, 0.1) is 11.7 Å². The summed E-state index contributed by atoms with van der Waals surface area (Å²) in [6, 6.07) is 3.50. The molecule has 1 fully saturated rings. The molecule has 1 unspecified atom stereocenters. The van der Waals surface area contributed by atoms with E-state index in [0.717, 1.165) is 31.7 Å². The molecular formula is C15H19FO4. The first-order valence-corrected chi connectivity index (χ1v) is 6.95. The lowest BCUT2D eigenvalue weighted by molar-refractivity contribution is -0.119. The van der Waals surface area contributed by atoms with Crippen LogP contribution in [-0.4, -0.2) is 23.5 Å². The van der Waals surface area contributed by atoms with Gasteiger partial charge in [0, 0.05) is 6.42 Å². The first-order chi connectivity index (χ1) is 9.60. The molecule has 0 radical (unpaired) electrons. The fraction of sp³-hybridized carbons (Fsp3) is 0.533. The van der Waals surface area contributed by atoms with E-state index in [4.69, 9.17) is 14.6 Å². The second kappa shape index (κ2) is 6.70. The first-order valence-electron chi connectivity index (χ1n) is 6.95. The van der Waals surface area contributed by atoms with E-state index < -0.39 is 18.1 Å². The summed E-state index contributed by atoms with van der Waals surface area (Å²) in [5.41, 5.74) is -0.00267. The summed E-state index contributed by atoms with van der Waals surface area (Å²) in [6.07, 6.45) is 4.47. The highest BCUT2D eigenvalue weighted by Crippen LogP contribution is 2.26. The fourth-order valence-electron chi connectivity index (χ4n) is 2.31. The van der Waals surface area contributed by atoms with Gasteiger partial charge in [0.25, 0.3) is 0 Å². The Hall–Kier alpha value is -1.62. The average Bonchev–Trinajstić information content (AvgIpc) is 2.92. The molecule has 0 amide bonds. The number of carboxylic acids is 1. The molecule has 1 atom stereocenters. The molecule has 1 aromatic rings. The maximum Gasteiger partial charge on any atom is 0.335 e. The van der Waals surface area contributed by atoms with Crippen LogP contribution in [0.25, 0.3) is 0 Å². The van der Waals surface area contributed by atoms with E-state index in [1.54, 1.807) is 0 Å². The van der Waals surface area contributed by atoms with Crippen molar-refractivity contribution >= 4 is 5.97 Å². The van der Waals surface area contributed by atoms with Crippen LogP contribution in [0.1, 0.15) is 49.4 Å². The number of hydrogen-bond donors (Lipinski definition) is 1. The average molecular weight is 282 g/mol. The Morgan fingerprint density at radius 1 is 1.45 bits per heavy atom. The molecule has 1 saturated carbocycles. The normalized spacial score (nSPS) is 17.1. The monoisotopic (exact) mass is 282 g/mol. The number of aromatic carboxylic acids is 1. The molecule has 0 aliphatic heterocycles. The van der Waals surface area contributed by atoms with Crippen LogP contribution < -0.4 is 4.74 Å². The van der Waals surface area contributed by atoms with Gasteiger partial charge in [0.15, 0.2) is 17.9 Å². The van der Waals surface area contributed by atoms with Crippen LogP contribution in [0.15, 0.2) is 18.2 Å². The van der Waals surface area contributed by atoms with Crippen molar-refractivity contribution in [3.05, 3.63) is 29.6 Å². The summed E-state index contributed by atoms with van der Waals surface area (Å²) in [4.78, 5) is 10.9. The predicted molar refractivity (Wildman–Crippen MR) is 71.4 cm³/mol. The number of halogens is 1. The molecule has 0 aromatic heterocycles. The Labute approximate surface area is 117 Å². The van der Waals surface area contributed by atoms with E-state index in [1.807, 2.05) is 6.92 Å². The van der Waals surface area contributed by atoms with E-state index in [1.165, 1.54) is 12.1 Å². The second-order valence-electron chi connectivity index (χ2n) is 4.95. The van der Waals surface area contributed by atoms with Crippen molar-refractivity contribution in [3.8, 4) is 5.75 Å². The number of benzene rings is 1. The molecule has 110 valence electrons. The summed E-state index contributed by atoms with van der Waals surface area (Å²) in [6.45, 7) is 1.89. The number of carboxylic acid groups (broad SMARTS) is 1. The molecule has 0 saturated heterocycles. The lowest BCUT2D eigenvalue weighted by Gasteiger charge is -2.22. The zero-order chi connectivity index (χ0) is 14.5. The van der Waals surface area contributed by atoms with Gasteiger partial charge in [-0.2, -0.15) is 0 Å². The van der Waals surface area contributed by atoms with Crippen LogP contribution in [0.2, 0.25) is 0 Å². The smallest absolute Gasteiger partial charge is 0.335 e. The number of ether oxygens (including phenoxy) is 2. The van der Waals surface area contributed by atoms with Gasteiger partial charge >= 0.3 is 5.97 Å². The standard InChI is InChI=1S/C15H19FO4/c1-2-14(19-11-5-3-4-6-11)20-13-9-10(15(17)18)7-8-12(13)16/h7-9,11,14H,2-6H2,1H3,(H,17,18). The Kier molecular flexibility index (Phi) is 4.95. The van der Waals surface area contributed by atoms with Crippen molar-refractivity contribution in [2.75, 3.05) is 0 Å². The van der Waals surface area contributed by atoms with Crippen LogP contribution in [0.4, 0.5) is 4.39 Å². The summed E-state index contributed by atoms with van der Waals surface area (Å²) >= 11 is 0. The zero-order valence-electron chi connectivity index (χ0n) is 11.5. The third-order valence-electron chi connectivity index (χ3n) is 3.42. The Bertz CT molecular complexity index is 469. The molecule has 0 bridgehead atoms. The molecule has 0 spiro atoms. The van der Waals surface area contributed by atoms with Crippen LogP contribution in [0.3, 0.4) is 0 Å².